The summed E-state index contributed by atoms with van der Waals surface area (Å²) in [6.45, 7) is -2.08. The van der Waals surface area contributed by atoms with Gasteiger partial charge in [-0.3, -0.25) is 62.3 Å². The van der Waals surface area contributed by atoms with Gasteiger partial charge in [0.25, 0.3) is 0 Å². The van der Waals surface area contributed by atoms with Gasteiger partial charge in [0.1, 0.15) is 60.1 Å². The van der Waals surface area contributed by atoms with Crippen LogP contribution in [0.15, 0.2) is 54.7 Å². The number of phenols is 1. The molecule has 0 unspecified atom stereocenters. The molecular formula is C53H76N16O18S. The number of benzene rings is 2. The van der Waals surface area contributed by atoms with Crippen molar-refractivity contribution in [2.75, 3.05) is 25.5 Å². The summed E-state index contributed by atoms with van der Waals surface area (Å²) in [6.07, 6.45) is -1.74. The van der Waals surface area contributed by atoms with E-state index in [9.17, 15) is 87.5 Å². The molecule has 0 aliphatic heterocycles. The molecule has 2 aromatic carbocycles. The van der Waals surface area contributed by atoms with Gasteiger partial charge in [0.05, 0.1) is 32.1 Å². The molecule has 1 heterocycles. The second-order valence-corrected chi connectivity index (χ2v) is 20.5. The molecule has 3 rings (SSSR count). The van der Waals surface area contributed by atoms with Crippen molar-refractivity contribution in [2.24, 2.45) is 34.4 Å². The summed E-state index contributed by atoms with van der Waals surface area (Å²) in [5.74, 6) is -16.8. The van der Waals surface area contributed by atoms with Crippen molar-refractivity contribution >= 4 is 106 Å². The van der Waals surface area contributed by atoms with E-state index in [2.05, 4.69) is 60.1 Å². The minimum absolute atomic E-state index is 0.181. The van der Waals surface area contributed by atoms with Crippen molar-refractivity contribution in [1.29, 1.82) is 0 Å². The first-order chi connectivity index (χ1) is 41.6. The van der Waals surface area contributed by atoms with Crippen LogP contribution in [-0.4, -0.2) is 194 Å². The number of aromatic amines is 1. The lowest BCUT2D eigenvalue weighted by atomic mass is 10.0. The molecule has 1 aromatic heterocycles. The first-order valence-corrected chi connectivity index (χ1v) is 27.9. The van der Waals surface area contributed by atoms with Crippen LogP contribution in [0.2, 0.25) is 0 Å². The molecule has 88 heavy (non-hydrogen) atoms. The molecule has 0 bridgehead atoms. The fourth-order valence-electron chi connectivity index (χ4n) is 8.41. The number of carbonyl (C=O) groups excluding carboxylic acids is 13. The molecule has 10 atom stereocenters. The highest BCUT2D eigenvalue weighted by Crippen LogP contribution is 2.20. The molecule has 26 N–H and O–H groups in total. The monoisotopic (exact) mass is 1260 g/mol. The number of amides is 13. The van der Waals surface area contributed by atoms with Crippen molar-refractivity contribution in [2.45, 2.75) is 131 Å². The van der Waals surface area contributed by atoms with Gasteiger partial charge in [0.2, 0.25) is 76.8 Å². The van der Waals surface area contributed by atoms with Crippen LogP contribution in [0.3, 0.4) is 0 Å². The topological polar surface area (TPSA) is 600 Å². The Balaban J connectivity index is 1.89. The van der Waals surface area contributed by atoms with E-state index in [1.54, 1.807) is 30.5 Å². The van der Waals surface area contributed by atoms with Gasteiger partial charge < -0.3 is 108 Å². The van der Waals surface area contributed by atoms with Crippen LogP contribution in [-0.2, 0) is 80.0 Å². The summed E-state index contributed by atoms with van der Waals surface area (Å²) in [6, 6.07) is -5.18. The maximum Gasteiger partial charge on any atom is 0.326 e. The normalized spacial score (nSPS) is 14.4. The number of primary amides is 4. The molecule has 3 aromatic rings. The number of fused-ring (bicyclic) bond motifs is 1. The number of aliphatic carboxylic acids is 1. The third kappa shape index (κ3) is 24.5. The van der Waals surface area contributed by atoms with E-state index in [0.29, 0.717) is 35.9 Å². The smallest absolute Gasteiger partial charge is 0.326 e. The van der Waals surface area contributed by atoms with Crippen LogP contribution >= 0.6 is 12.6 Å². The number of thiol groups is 1. The minimum Gasteiger partial charge on any atom is -0.508 e. The van der Waals surface area contributed by atoms with E-state index in [4.69, 9.17) is 34.4 Å². The molecule has 0 saturated heterocycles. The maximum atomic E-state index is 14.3. The summed E-state index contributed by atoms with van der Waals surface area (Å²) in [7, 11) is 0. The van der Waals surface area contributed by atoms with Gasteiger partial charge in [-0.2, -0.15) is 12.6 Å². The number of carbonyl (C=O) groups is 14. The van der Waals surface area contributed by atoms with Crippen LogP contribution in [0.4, 0.5) is 0 Å². The number of aromatic nitrogens is 1. The van der Waals surface area contributed by atoms with Crippen molar-refractivity contribution in [3.63, 3.8) is 0 Å². The number of hydrogen-bond acceptors (Lipinski definition) is 20. The van der Waals surface area contributed by atoms with E-state index in [1.165, 1.54) is 24.3 Å². The van der Waals surface area contributed by atoms with Crippen LogP contribution in [0.25, 0.3) is 10.9 Å². The van der Waals surface area contributed by atoms with Crippen LogP contribution in [0, 0.1) is 0 Å². The van der Waals surface area contributed by atoms with Crippen molar-refractivity contribution in [1.82, 2.24) is 52.8 Å². The first kappa shape index (κ1) is 72.8. The fraction of sp³-hybridized carbons (Fsp3) is 0.472. The highest BCUT2D eigenvalue weighted by molar-refractivity contribution is 7.80. The Labute approximate surface area is 507 Å². The molecule has 0 aliphatic carbocycles. The zero-order valence-corrected chi connectivity index (χ0v) is 48.4. The third-order valence-electron chi connectivity index (χ3n) is 13.2. The summed E-state index contributed by atoms with van der Waals surface area (Å²) < 4.78 is 0. The lowest BCUT2D eigenvalue weighted by Crippen LogP contribution is -2.62. The van der Waals surface area contributed by atoms with E-state index < -0.39 is 207 Å². The number of aliphatic hydroxyl groups is 2. The quantitative estimate of drug-likeness (QED) is 0.0186. The van der Waals surface area contributed by atoms with Crippen LogP contribution in [0.1, 0.15) is 68.9 Å². The fourth-order valence-corrected chi connectivity index (χ4v) is 8.66. The summed E-state index contributed by atoms with van der Waals surface area (Å²) >= 11 is 4.22. The Hall–Kier alpha value is -9.45. The first-order valence-electron chi connectivity index (χ1n) is 27.3. The molecule has 0 fully saturated rings. The Morgan fingerprint density at radius 3 is 1.38 bits per heavy atom. The van der Waals surface area contributed by atoms with Gasteiger partial charge in [-0.15, -0.1) is 0 Å². The Morgan fingerprint density at radius 1 is 0.477 bits per heavy atom. The average Bonchev–Trinajstić information content (AvgIpc) is 4.01. The molecule has 482 valence electrons. The predicted molar refractivity (Wildman–Crippen MR) is 312 cm³/mol. The zero-order chi connectivity index (χ0) is 65.8. The zero-order valence-electron chi connectivity index (χ0n) is 47.5. The second-order valence-electron chi connectivity index (χ2n) is 20.1. The number of phenolic OH excluding ortho intramolecular Hbond substituents is 1. The molecule has 35 heteroatoms. The van der Waals surface area contributed by atoms with Gasteiger partial charge in [0, 0.05) is 48.5 Å². The molecule has 34 nitrogen and oxygen atoms in total. The van der Waals surface area contributed by atoms with E-state index in [1.807, 2.05) is 5.32 Å². The number of rotatable bonds is 40. The SMILES string of the molecule is NCCCC[C@H](N)C(=O)N[C@@H](CC(N)=O)C(=O)N[C@@H](Cc1c[nH]c2ccccc12)C(=O)N[C@@H](CS)C(=O)N[C@@H](CCC(N)=O)C(=O)N[C@@H](CO)C(=O)N[C@@H](Cc1ccc(O)cc1)C(=O)N[C@@H](CO)C(=O)N[C@@H](CC(N)=O)C(=O)N[C@@H](CCC(N)=O)C(=O)O. The highest BCUT2D eigenvalue weighted by Gasteiger charge is 2.36. The Kier molecular flexibility index (Phi) is 30.2. The number of H-pyrrole nitrogens is 1. The minimum atomic E-state index is -1.99. The lowest BCUT2D eigenvalue weighted by Gasteiger charge is -2.27. The number of carboxylic acids is 1. The largest absolute Gasteiger partial charge is 0.508 e. The van der Waals surface area contributed by atoms with Gasteiger partial charge in [0.15, 0.2) is 0 Å². The van der Waals surface area contributed by atoms with Crippen molar-refractivity contribution < 1.29 is 87.5 Å². The summed E-state index contributed by atoms with van der Waals surface area (Å²) in [4.78, 5) is 186. The third-order valence-corrected chi connectivity index (χ3v) is 13.5. The van der Waals surface area contributed by atoms with Crippen LogP contribution in [0.5, 0.6) is 5.75 Å². The summed E-state index contributed by atoms with van der Waals surface area (Å²) in [5.41, 5.74) is 34.1. The number of carboxylic acid groups (broad SMARTS) is 1. The molecule has 0 radical (unpaired) electrons. The number of para-hydroxylation sites is 1. The predicted octanol–water partition coefficient (Wildman–Crippen LogP) is -8.24. The van der Waals surface area contributed by atoms with Gasteiger partial charge in [-0.25, -0.2) is 4.79 Å². The molecule has 0 aliphatic rings. The van der Waals surface area contributed by atoms with Gasteiger partial charge in [-0.1, -0.05) is 36.8 Å². The van der Waals surface area contributed by atoms with Crippen molar-refractivity contribution in [3.8, 4) is 5.75 Å². The number of nitrogens with one attached hydrogen (secondary N) is 10. The Bertz CT molecular complexity index is 2990. The van der Waals surface area contributed by atoms with E-state index in [0.717, 1.165) is 0 Å². The molecule has 0 saturated carbocycles. The van der Waals surface area contributed by atoms with Crippen LogP contribution < -0.4 is 82.3 Å². The standard InChI is InChI=1S/C53H76N16O18S/c54-16-4-3-6-29(55)44(77)63-35(19-42(58)75)49(82)65-34(18-26-21-60-30-7-2-1-5-28(26)30)47(80)69-39(24-88)52(85)61-31(12-14-40(56)73)45(78)67-37(22-70)50(83)64-33(17-25-8-10-27(72)11-9-25)46(79)68-38(23-71)51(84)66-36(20-43(59)76)48(81)62-32(53(86)87)13-15-41(57)74/h1-2,5,7-11,21,29,31-39,60,70-72,88H,3-4,6,12-20,22-24,54-55H2,(H2,56,73)(H2,57,74)(H2,58,75)(H2,59,76)(H,61,85)(H,62,81)(H,63,77)(H,64,83)(H,65,82)(H,66,84)(H,67,78)(H,68,79)(H,69,80)(H,86,87)/t29-,31-,32-,33-,34-,35-,36-,37-,38-,39-/m0/s1. The number of aromatic hydroxyl groups is 1. The second kappa shape index (κ2) is 36.5. The summed E-state index contributed by atoms with van der Waals surface area (Å²) in [5, 5.41) is 61.2. The molecular weight excluding hydrogens is 1180 g/mol. The highest BCUT2D eigenvalue weighted by atomic mass is 32.1. The van der Waals surface area contributed by atoms with Gasteiger partial charge in [-0.05, 0) is 61.6 Å². The number of hydrogen-bond donors (Lipinski definition) is 21. The number of unbranched alkanes of at least 4 members (excludes halogenated alkanes) is 1. The van der Waals surface area contributed by atoms with Gasteiger partial charge >= 0.3 is 5.97 Å². The number of aliphatic hydroxyl groups excluding tert-OH is 2. The van der Waals surface area contributed by atoms with Crippen molar-refractivity contribution in [3.05, 3.63) is 65.9 Å². The molecule has 0 spiro atoms. The maximum absolute atomic E-state index is 14.3. The average molecular weight is 1260 g/mol. The Morgan fingerprint density at radius 2 is 0.886 bits per heavy atom. The van der Waals surface area contributed by atoms with E-state index in [-0.39, 0.29) is 24.2 Å². The lowest BCUT2D eigenvalue weighted by molar-refractivity contribution is -0.143. The van der Waals surface area contributed by atoms with E-state index >= 15 is 0 Å². The molecule has 13 amide bonds. The number of nitrogens with two attached hydrogens (primary N) is 6.